The van der Waals surface area contributed by atoms with Crippen LogP contribution in [0, 0.1) is 5.41 Å². The summed E-state index contributed by atoms with van der Waals surface area (Å²) in [5.74, 6) is 0.693. The quantitative estimate of drug-likeness (QED) is 0.844. The number of benzene rings is 1. The highest BCUT2D eigenvalue weighted by molar-refractivity contribution is 5.84. The first kappa shape index (κ1) is 18.8. The molecular formula is C21H27N3O4. The number of ether oxygens (including phenoxy) is 2. The number of amides is 1. The number of fused-ring (bicyclic) bond motifs is 1. The first-order valence-electron chi connectivity index (χ1n) is 9.81. The molecule has 0 radical (unpaired) electrons. The zero-order valence-electron chi connectivity index (χ0n) is 16.6. The van der Waals surface area contributed by atoms with Crippen molar-refractivity contribution in [3.63, 3.8) is 0 Å². The van der Waals surface area contributed by atoms with Crippen molar-refractivity contribution >= 4 is 17.0 Å². The van der Waals surface area contributed by atoms with Crippen molar-refractivity contribution in [3.05, 3.63) is 24.5 Å². The third kappa shape index (κ3) is 3.84. The number of nitrogens with zero attached hydrogens (tertiary/aromatic N) is 3. The van der Waals surface area contributed by atoms with Crippen LogP contribution in [0.3, 0.4) is 0 Å². The summed E-state index contributed by atoms with van der Waals surface area (Å²) >= 11 is 0. The van der Waals surface area contributed by atoms with Crippen molar-refractivity contribution in [2.75, 3.05) is 13.1 Å². The maximum atomic E-state index is 12.2. The number of carbonyl (C=O) groups is 1. The van der Waals surface area contributed by atoms with E-state index in [1.807, 2.05) is 25.7 Å². The lowest BCUT2D eigenvalue weighted by atomic mass is 9.61. The number of aromatic hydroxyl groups is 1. The van der Waals surface area contributed by atoms with Gasteiger partial charge in [-0.3, -0.25) is 0 Å². The molecule has 1 saturated heterocycles. The van der Waals surface area contributed by atoms with Crippen molar-refractivity contribution in [3.8, 4) is 11.6 Å². The van der Waals surface area contributed by atoms with E-state index in [0.717, 1.165) is 49.7 Å². The highest BCUT2D eigenvalue weighted by Gasteiger charge is 2.48. The van der Waals surface area contributed by atoms with E-state index in [0.29, 0.717) is 5.88 Å². The normalized spacial score (nSPS) is 19.5. The highest BCUT2D eigenvalue weighted by Crippen LogP contribution is 2.50. The molecule has 1 N–H and O–H groups in total. The minimum atomic E-state index is -0.462. The molecule has 7 nitrogen and oxygen atoms in total. The molecule has 1 aromatic carbocycles. The lowest BCUT2D eigenvalue weighted by molar-refractivity contribution is -0.0591. The van der Waals surface area contributed by atoms with Gasteiger partial charge in [0, 0.05) is 13.1 Å². The fourth-order valence-corrected chi connectivity index (χ4v) is 4.16. The number of carbonyl (C=O) groups excluding carboxylic acids is 1. The van der Waals surface area contributed by atoms with Crippen LogP contribution in [0.1, 0.15) is 46.5 Å². The van der Waals surface area contributed by atoms with E-state index in [-0.39, 0.29) is 23.4 Å². The zero-order chi connectivity index (χ0) is 19.9. The Kier molecular flexibility index (Phi) is 4.56. The van der Waals surface area contributed by atoms with Gasteiger partial charge in [0.1, 0.15) is 23.8 Å². The van der Waals surface area contributed by atoms with E-state index in [1.54, 1.807) is 18.2 Å². The second-order valence-electron chi connectivity index (χ2n) is 9.00. The lowest BCUT2D eigenvalue weighted by Crippen LogP contribution is -2.52. The average molecular weight is 385 g/mol. The van der Waals surface area contributed by atoms with Gasteiger partial charge in [-0.25, -0.2) is 14.8 Å². The summed E-state index contributed by atoms with van der Waals surface area (Å²) in [5, 5.41) is 10.5. The summed E-state index contributed by atoms with van der Waals surface area (Å²) in [6, 6.07) is 5.00. The van der Waals surface area contributed by atoms with Crippen LogP contribution in [-0.4, -0.2) is 50.9 Å². The Morgan fingerprint density at radius 1 is 1.21 bits per heavy atom. The summed E-state index contributed by atoms with van der Waals surface area (Å²) in [6.07, 6.45) is 5.23. The van der Waals surface area contributed by atoms with Crippen LogP contribution in [0.15, 0.2) is 24.5 Å². The van der Waals surface area contributed by atoms with Crippen LogP contribution < -0.4 is 4.74 Å². The minimum absolute atomic E-state index is 0.105. The molecule has 150 valence electrons. The molecule has 2 heterocycles. The van der Waals surface area contributed by atoms with Crippen molar-refractivity contribution in [1.29, 1.82) is 0 Å². The number of phenolic OH excluding ortho intramolecular Hbond substituents is 1. The van der Waals surface area contributed by atoms with Crippen LogP contribution >= 0.6 is 0 Å². The van der Waals surface area contributed by atoms with Gasteiger partial charge in [0.05, 0.1) is 10.9 Å². The predicted octanol–water partition coefficient (Wildman–Crippen LogP) is 3.89. The summed E-state index contributed by atoms with van der Waals surface area (Å²) < 4.78 is 11.6. The molecular weight excluding hydrogens is 358 g/mol. The number of piperidine rings is 1. The van der Waals surface area contributed by atoms with Crippen molar-refractivity contribution in [2.45, 2.75) is 58.2 Å². The van der Waals surface area contributed by atoms with E-state index in [1.165, 1.54) is 6.33 Å². The van der Waals surface area contributed by atoms with Gasteiger partial charge in [0.2, 0.25) is 5.88 Å². The summed E-state index contributed by atoms with van der Waals surface area (Å²) in [7, 11) is 0. The molecule has 1 spiro atoms. The molecule has 0 bridgehead atoms. The number of aromatic nitrogens is 2. The Balaban J connectivity index is 1.33. The van der Waals surface area contributed by atoms with Gasteiger partial charge in [-0.05, 0) is 70.1 Å². The molecule has 1 saturated carbocycles. The number of hydrogen-bond acceptors (Lipinski definition) is 6. The van der Waals surface area contributed by atoms with E-state index in [2.05, 4.69) is 9.97 Å². The third-order valence-corrected chi connectivity index (χ3v) is 5.66. The molecule has 0 unspecified atom stereocenters. The Bertz CT molecular complexity index is 877. The van der Waals surface area contributed by atoms with Gasteiger partial charge in [-0.2, -0.15) is 0 Å². The SMILES string of the molecule is CC(C)(C)OC(=O)N1CCC2(CC1)CC(Oc1ncnc3ccc(O)cc13)C2. The predicted molar refractivity (Wildman–Crippen MR) is 104 cm³/mol. The maximum Gasteiger partial charge on any atom is 0.410 e. The number of phenols is 1. The van der Waals surface area contributed by atoms with Crippen molar-refractivity contribution in [1.82, 2.24) is 14.9 Å². The fourth-order valence-electron chi connectivity index (χ4n) is 4.16. The molecule has 1 aliphatic carbocycles. The van der Waals surface area contributed by atoms with Crippen LogP contribution in [-0.2, 0) is 4.74 Å². The van der Waals surface area contributed by atoms with Crippen LogP contribution in [0.2, 0.25) is 0 Å². The van der Waals surface area contributed by atoms with Crippen molar-refractivity contribution < 1.29 is 19.4 Å². The maximum absolute atomic E-state index is 12.2. The summed E-state index contributed by atoms with van der Waals surface area (Å²) in [4.78, 5) is 22.5. The third-order valence-electron chi connectivity index (χ3n) is 5.66. The van der Waals surface area contributed by atoms with Crippen LogP contribution in [0.25, 0.3) is 10.9 Å². The largest absolute Gasteiger partial charge is 0.508 e. The second kappa shape index (κ2) is 6.79. The van der Waals surface area contributed by atoms with Gasteiger partial charge >= 0.3 is 6.09 Å². The number of rotatable bonds is 2. The molecule has 2 aromatic rings. The van der Waals surface area contributed by atoms with Crippen LogP contribution in [0.4, 0.5) is 4.79 Å². The van der Waals surface area contributed by atoms with Crippen molar-refractivity contribution in [2.24, 2.45) is 5.41 Å². The first-order valence-corrected chi connectivity index (χ1v) is 9.81. The smallest absolute Gasteiger partial charge is 0.410 e. The zero-order valence-corrected chi connectivity index (χ0v) is 16.6. The second-order valence-corrected chi connectivity index (χ2v) is 9.00. The molecule has 2 fully saturated rings. The molecule has 4 rings (SSSR count). The van der Waals surface area contributed by atoms with Gasteiger partial charge < -0.3 is 19.5 Å². The average Bonchev–Trinajstić information content (AvgIpc) is 2.60. The first-order chi connectivity index (χ1) is 13.2. The minimum Gasteiger partial charge on any atom is -0.508 e. The fraction of sp³-hybridized carbons (Fsp3) is 0.571. The van der Waals surface area contributed by atoms with Gasteiger partial charge in [-0.1, -0.05) is 0 Å². The number of likely N-dealkylation sites (tertiary alicyclic amines) is 1. The van der Waals surface area contributed by atoms with E-state index in [4.69, 9.17) is 9.47 Å². The Labute approximate surface area is 164 Å². The summed E-state index contributed by atoms with van der Waals surface area (Å²) in [5.41, 5.74) is 0.535. The van der Waals surface area contributed by atoms with Gasteiger partial charge in [0.25, 0.3) is 0 Å². The Morgan fingerprint density at radius 2 is 1.93 bits per heavy atom. The summed E-state index contributed by atoms with van der Waals surface area (Å²) in [6.45, 7) is 7.13. The lowest BCUT2D eigenvalue weighted by Gasteiger charge is -2.51. The van der Waals surface area contributed by atoms with Gasteiger partial charge in [0.15, 0.2) is 0 Å². The highest BCUT2D eigenvalue weighted by atomic mass is 16.6. The van der Waals surface area contributed by atoms with Gasteiger partial charge in [-0.15, -0.1) is 0 Å². The molecule has 1 amide bonds. The van der Waals surface area contributed by atoms with E-state index >= 15 is 0 Å². The Morgan fingerprint density at radius 3 is 2.61 bits per heavy atom. The van der Waals surface area contributed by atoms with E-state index in [9.17, 15) is 9.90 Å². The molecule has 0 atom stereocenters. The molecule has 1 aliphatic heterocycles. The Hall–Kier alpha value is -2.57. The molecule has 2 aliphatic rings. The van der Waals surface area contributed by atoms with E-state index < -0.39 is 5.60 Å². The molecule has 1 aromatic heterocycles. The molecule has 28 heavy (non-hydrogen) atoms. The van der Waals surface area contributed by atoms with Crippen LogP contribution in [0.5, 0.6) is 11.6 Å². The number of hydrogen-bond donors (Lipinski definition) is 1. The monoisotopic (exact) mass is 385 g/mol. The topological polar surface area (TPSA) is 84.8 Å². The molecule has 7 heteroatoms. The standard InChI is InChI=1S/C21H27N3O4/c1-20(2,3)28-19(26)24-8-6-21(7-9-24)11-15(12-21)27-18-16-10-14(25)4-5-17(16)22-13-23-18/h4-5,10,13,15,25H,6-9,11-12H2,1-3H3.